The smallest absolute Gasteiger partial charge is 0.408 e. The van der Waals surface area contributed by atoms with E-state index in [1.807, 2.05) is 52.0 Å². The molecule has 4 nitrogen and oxygen atoms in total. The van der Waals surface area contributed by atoms with E-state index in [1.54, 1.807) is 27.7 Å². The van der Waals surface area contributed by atoms with Gasteiger partial charge in [-0.25, -0.2) is 9.18 Å². The number of benzene rings is 1. The molecule has 6 heteroatoms. The van der Waals surface area contributed by atoms with Crippen molar-refractivity contribution in [2.75, 3.05) is 0 Å². The van der Waals surface area contributed by atoms with Gasteiger partial charge in [-0.05, 0) is 71.9 Å². The van der Waals surface area contributed by atoms with Crippen LogP contribution in [0.3, 0.4) is 0 Å². The van der Waals surface area contributed by atoms with Gasteiger partial charge < -0.3 is 10.1 Å². The fourth-order valence-corrected chi connectivity index (χ4v) is 2.60. The van der Waals surface area contributed by atoms with Gasteiger partial charge >= 0.3 is 6.09 Å². The number of halogens is 1. The highest BCUT2D eigenvalue weighted by Gasteiger charge is 2.24. The lowest BCUT2D eigenvalue weighted by Gasteiger charge is -2.22. The molecule has 1 rings (SSSR count). The molecule has 0 saturated heterocycles. The Hall–Kier alpha value is -1.82. The predicted octanol–water partition coefficient (Wildman–Crippen LogP) is 7.21. The standard InChI is InChI=1S/C17H25NO3S.C4H7F.C2H6/c1-6-7-14(18-16(20)21-17(3,4)5)15(19)22-13-10-8-12(2)9-11-13;1-3-4(2)5;1-2/h8-11,14H,6-7H2,1-5H3,(H,18,20);3H,1-2H3;1-2H3/b;4-3-;. The second-order valence-corrected chi connectivity index (χ2v) is 8.17. The van der Waals surface area contributed by atoms with Gasteiger partial charge in [0.05, 0.1) is 5.83 Å². The minimum absolute atomic E-state index is 0.0726. The molecule has 0 heterocycles. The summed E-state index contributed by atoms with van der Waals surface area (Å²) in [6, 6.07) is 7.21. The number of nitrogens with one attached hydrogen (secondary N) is 1. The molecule has 0 radical (unpaired) electrons. The van der Waals surface area contributed by atoms with Crippen LogP contribution in [-0.2, 0) is 9.53 Å². The summed E-state index contributed by atoms with van der Waals surface area (Å²) in [5.41, 5.74) is 0.572. The third-order valence-corrected chi connectivity index (χ3v) is 4.18. The molecule has 1 amide bonds. The monoisotopic (exact) mass is 427 g/mol. The summed E-state index contributed by atoms with van der Waals surface area (Å²) in [4.78, 5) is 25.1. The molecule has 29 heavy (non-hydrogen) atoms. The summed E-state index contributed by atoms with van der Waals surface area (Å²) in [6.07, 6.45) is 2.27. The van der Waals surface area contributed by atoms with Gasteiger partial charge in [0.25, 0.3) is 0 Å². The first-order valence-corrected chi connectivity index (χ1v) is 10.9. The maximum absolute atomic E-state index is 12.4. The fourth-order valence-electron chi connectivity index (χ4n) is 1.78. The number of alkyl carbamates (subject to hydrolysis) is 1. The van der Waals surface area contributed by atoms with E-state index in [2.05, 4.69) is 5.32 Å². The Morgan fingerprint density at radius 1 is 1.21 bits per heavy atom. The molecule has 0 bridgehead atoms. The third-order valence-electron chi connectivity index (χ3n) is 3.19. The lowest BCUT2D eigenvalue weighted by molar-refractivity contribution is -0.113. The molecule has 0 aliphatic carbocycles. The van der Waals surface area contributed by atoms with Gasteiger partial charge in [-0.2, -0.15) is 0 Å². The van der Waals surface area contributed by atoms with Crippen LogP contribution in [0.15, 0.2) is 41.1 Å². The first-order valence-electron chi connectivity index (χ1n) is 10.0. The Bertz CT molecular complexity index is 618. The van der Waals surface area contributed by atoms with Gasteiger partial charge in [0.2, 0.25) is 5.12 Å². The van der Waals surface area contributed by atoms with Gasteiger partial charge in [-0.1, -0.05) is 51.0 Å². The number of thioether (sulfide) groups is 1. The second kappa shape index (κ2) is 16.0. The minimum Gasteiger partial charge on any atom is -0.444 e. The molecule has 0 aliphatic heterocycles. The number of rotatable bonds is 5. The molecule has 1 unspecified atom stereocenters. The molecule has 0 fully saturated rings. The number of allylic oxidation sites excluding steroid dienone is 2. The SMILES string of the molecule is C/C=C(/C)F.CC.CCCC(NC(=O)OC(C)(C)C)C(=O)Sc1ccc(C)cc1. The molecular weight excluding hydrogens is 389 g/mol. The van der Waals surface area contributed by atoms with Crippen LogP contribution in [0.1, 0.15) is 73.8 Å². The van der Waals surface area contributed by atoms with E-state index in [-0.39, 0.29) is 10.9 Å². The van der Waals surface area contributed by atoms with Crippen molar-refractivity contribution in [1.29, 1.82) is 0 Å². The lowest BCUT2D eigenvalue weighted by Crippen LogP contribution is -2.42. The van der Waals surface area contributed by atoms with Crippen molar-refractivity contribution in [3.05, 3.63) is 41.7 Å². The van der Waals surface area contributed by atoms with Crippen LogP contribution >= 0.6 is 11.8 Å². The number of carbonyl (C=O) groups is 2. The fraction of sp³-hybridized carbons (Fsp3) is 0.565. The molecule has 166 valence electrons. The average molecular weight is 428 g/mol. The molecule has 0 aromatic heterocycles. The number of hydrogen-bond donors (Lipinski definition) is 1. The normalized spacial score (nSPS) is 11.9. The second-order valence-electron chi connectivity index (χ2n) is 7.10. The molecule has 1 aromatic rings. The van der Waals surface area contributed by atoms with Crippen molar-refractivity contribution in [2.24, 2.45) is 0 Å². The zero-order valence-electron chi connectivity index (χ0n) is 19.4. The number of hydrogen-bond acceptors (Lipinski definition) is 4. The first kappa shape index (κ1) is 29.4. The topological polar surface area (TPSA) is 55.4 Å². The Morgan fingerprint density at radius 3 is 2.07 bits per heavy atom. The van der Waals surface area contributed by atoms with E-state index in [0.717, 1.165) is 28.6 Å². The Kier molecular flexibility index (Phi) is 16.2. The van der Waals surface area contributed by atoms with Crippen LogP contribution < -0.4 is 5.32 Å². The van der Waals surface area contributed by atoms with Gasteiger partial charge in [-0.3, -0.25) is 4.79 Å². The zero-order valence-corrected chi connectivity index (χ0v) is 20.2. The third kappa shape index (κ3) is 16.8. The minimum atomic E-state index is -0.575. The highest BCUT2D eigenvalue weighted by Crippen LogP contribution is 2.22. The maximum atomic E-state index is 12.4. The first-order chi connectivity index (χ1) is 13.5. The van der Waals surface area contributed by atoms with Crippen LogP contribution in [0.25, 0.3) is 0 Å². The van der Waals surface area contributed by atoms with E-state index in [0.29, 0.717) is 6.42 Å². The largest absolute Gasteiger partial charge is 0.444 e. The van der Waals surface area contributed by atoms with Gasteiger partial charge in [0.15, 0.2) is 0 Å². The van der Waals surface area contributed by atoms with Crippen molar-refractivity contribution in [1.82, 2.24) is 5.32 Å². The lowest BCUT2D eigenvalue weighted by atomic mass is 10.2. The summed E-state index contributed by atoms with van der Waals surface area (Å²) in [5, 5.41) is 2.60. The number of carbonyl (C=O) groups excluding carboxylic acids is 2. The molecule has 1 atom stereocenters. The predicted molar refractivity (Wildman–Crippen MR) is 122 cm³/mol. The van der Waals surface area contributed by atoms with Crippen molar-refractivity contribution in [3.63, 3.8) is 0 Å². The zero-order chi connectivity index (χ0) is 23.0. The summed E-state index contributed by atoms with van der Waals surface area (Å²) in [7, 11) is 0. The van der Waals surface area contributed by atoms with Crippen molar-refractivity contribution < 1.29 is 18.7 Å². The van der Waals surface area contributed by atoms with Crippen molar-refractivity contribution >= 4 is 23.0 Å². The molecular formula is C23H38FNO3S. The highest BCUT2D eigenvalue weighted by molar-refractivity contribution is 8.13. The highest BCUT2D eigenvalue weighted by atomic mass is 32.2. The van der Waals surface area contributed by atoms with E-state index in [9.17, 15) is 14.0 Å². The van der Waals surface area contributed by atoms with Gasteiger partial charge in [0.1, 0.15) is 11.6 Å². The summed E-state index contributed by atoms with van der Waals surface area (Å²) in [6.45, 7) is 16.4. The molecule has 0 aliphatic rings. The van der Waals surface area contributed by atoms with E-state index < -0.39 is 17.7 Å². The average Bonchev–Trinajstić information content (AvgIpc) is 2.64. The van der Waals surface area contributed by atoms with Crippen LogP contribution in [0.5, 0.6) is 0 Å². The number of aryl methyl sites for hydroxylation is 1. The van der Waals surface area contributed by atoms with Crippen LogP contribution in [0.2, 0.25) is 0 Å². The summed E-state index contributed by atoms with van der Waals surface area (Å²) >= 11 is 1.15. The Labute approximate surface area is 180 Å². The summed E-state index contributed by atoms with van der Waals surface area (Å²) in [5.74, 6) is -0.120. The number of amides is 1. The van der Waals surface area contributed by atoms with Crippen LogP contribution in [-0.4, -0.2) is 22.9 Å². The molecule has 0 saturated carbocycles. The molecule has 0 spiro atoms. The quantitative estimate of drug-likeness (QED) is 0.504. The number of ether oxygens (including phenoxy) is 1. The van der Waals surface area contributed by atoms with Crippen molar-refractivity contribution in [2.45, 2.75) is 91.7 Å². The molecule has 1 N–H and O–H groups in total. The van der Waals surface area contributed by atoms with Crippen LogP contribution in [0.4, 0.5) is 9.18 Å². The van der Waals surface area contributed by atoms with Gasteiger partial charge in [0, 0.05) is 4.90 Å². The van der Waals surface area contributed by atoms with E-state index in [1.165, 1.54) is 13.0 Å². The Balaban J connectivity index is 0. The van der Waals surface area contributed by atoms with Crippen LogP contribution in [0, 0.1) is 6.92 Å². The van der Waals surface area contributed by atoms with E-state index in [4.69, 9.17) is 4.74 Å². The van der Waals surface area contributed by atoms with E-state index >= 15 is 0 Å². The Morgan fingerprint density at radius 2 is 1.69 bits per heavy atom. The summed E-state index contributed by atoms with van der Waals surface area (Å²) < 4.78 is 16.5. The van der Waals surface area contributed by atoms with Crippen molar-refractivity contribution in [3.8, 4) is 0 Å². The molecule has 1 aromatic carbocycles. The maximum Gasteiger partial charge on any atom is 0.408 e. The van der Waals surface area contributed by atoms with Gasteiger partial charge in [-0.15, -0.1) is 0 Å².